The first-order valence-electron chi connectivity index (χ1n) is 6.21. The lowest BCUT2D eigenvalue weighted by Gasteiger charge is -2.38. The summed E-state index contributed by atoms with van der Waals surface area (Å²) < 4.78 is 52.8. The lowest BCUT2D eigenvalue weighted by atomic mass is 10.2. The molecule has 0 aromatic heterocycles. The summed E-state index contributed by atoms with van der Waals surface area (Å²) in [6.45, 7) is 1.40. The third-order valence-electron chi connectivity index (χ3n) is 3.38. The topological polar surface area (TPSA) is 66.6 Å². The van der Waals surface area contributed by atoms with Gasteiger partial charge in [0.1, 0.15) is 16.5 Å². The fourth-order valence-electron chi connectivity index (χ4n) is 2.31. The first-order valence-corrected chi connectivity index (χ1v) is 7.65. The molecule has 0 radical (unpaired) electrons. The van der Waals surface area contributed by atoms with Crippen molar-refractivity contribution in [1.29, 1.82) is 0 Å². The standard InChI is InChI=1S/C12H17F2N3O2S/c1-16-4-5-17(10(7-15)8-16)20(18,19)12-3-2-9(13)6-11(12)14/h2-3,6,10H,4-5,7-8,15H2,1H3. The Morgan fingerprint density at radius 1 is 1.35 bits per heavy atom. The van der Waals surface area contributed by atoms with E-state index in [1.807, 2.05) is 11.9 Å². The first kappa shape index (κ1) is 15.3. The molecule has 20 heavy (non-hydrogen) atoms. The van der Waals surface area contributed by atoms with E-state index in [1.54, 1.807) is 0 Å². The van der Waals surface area contributed by atoms with Crippen LogP contribution in [-0.2, 0) is 10.0 Å². The van der Waals surface area contributed by atoms with Crippen molar-refractivity contribution in [2.75, 3.05) is 33.2 Å². The number of nitrogens with zero attached hydrogens (tertiary/aromatic N) is 2. The number of sulfonamides is 1. The zero-order valence-electron chi connectivity index (χ0n) is 11.1. The molecular weight excluding hydrogens is 288 g/mol. The van der Waals surface area contributed by atoms with Gasteiger partial charge < -0.3 is 10.6 Å². The molecular formula is C12H17F2N3O2S. The monoisotopic (exact) mass is 305 g/mol. The number of benzene rings is 1. The van der Waals surface area contributed by atoms with E-state index in [0.717, 1.165) is 12.1 Å². The van der Waals surface area contributed by atoms with Gasteiger partial charge >= 0.3 is 0 Å². The third-order valence-corrected chi connectivity index (χ3v) is 5.37. The van der Waals surface area contributed by atoms with E-state index in [4.69, 9.17) is 5.73 Å². The lowest BCUT2D eigenvalue weighted by Crippen LogP contribution is -2.56. The molecule has 1 aromatic carbocycles. The van der Waals surface area contributed by atoms with Crippen LogP contribution < -0.4 is 5.73 Å². The van der Waals surface area contributed by atoms with Crippen molar-refractivity contribution in [3.05, 3.63) is 29.8 Å². The zero-order valence-corrected chi connectivity index (χ0v) is 11.9. The van der Waals surface area contributed by atoms with E-state index >= 15 is 0 Å². The Balaban J connectivity index is 2.38. The summed E-state index contributed by atoms with van der Waals surface area (Å²) in [5.74, 6) is -1.89. The molecule has 0 spiro atoms. The highest BCUT2D eigenvalue weighted by molar-refractivity contribution is 7.89. The van der Waals surface area contributed by atoms with E-state index < -0.39 is 32.6 Å². The minimum absolute atomic E-state index is 0.145. The molecule has 1 aromatic rings. The Bertz CT molecular complexity index is 594. The maximum absolute atomic E-state index is 13.7. The van der Waals surface area contributed by atoms with Gasteiger partial charge in [0, 0.05) is 32.2 Å². The predicted molar refractivity (Wildman–Crippen MR) is 70.6 cm³/mol. The summed E-state index contributed by atoms with van der Waals surface area (Å²) in [7, 11) is -2.14. The van der Waals surface area contributed by atoms with Crippen LogP contribution in [0.5, 0.6) is 0 Å². The van der Waals surface area contributed by atoms with Gasteiger partial charge in [-0.1, -0.05) is 0 Å². The Morgan fingerprint density at radius 2 is 2.05 bits per heavy atom. The SMILES string of the molecule is CN1CCN(S(=O)(=O)c2ccc(F)cc2F)C(CN)C1. The van der Waals surface area contributed by atoms with Crippen LogP contribution in [0, 0.1) is 11.6 Å². The molecule has 0 aliphatic carbocycles. The predicted octanol–water partition coefficient (Wildman–Crippen LogP) is 0.228. The Labute approximate surface area is 117 Å². The van der Waals surface area contributed by atoms with E-state index in [-0.39, 0.29) is 13.1 Å². The molecule has 1 saturated heterocycles. The molecule has 8 heteroatoms. The van der Waals surface area contributed by atoms with Crippen LogP contribution in [0.15, 0.2) is 23.1 Å². The van der Waals surface area contributed by atoms with Gasteiger partial charge in [0.25, 0.3) is 0 Å². The second-order valence-corrected chi connectivity index (χ2v) is 6.70. The molecule has 1 heterocycles. The zero-order chi connectivity index (χ0) is 14.9. The maximum Gasteiger partial charge on any atom is 0.246 e. The van der Waals surface area contributed by atoms with E-state index in [2.05, 4.69) is 0 Å². The summed E-state index contributed by atoms with van der Waals surface area (Å²) in [6.07, 6.45) is 0. The summed E-state index contributed by atoms with van der Waals surface area (Å²) in [6, 6.07) is 2.04. The number of halogens is 2. The van der Waals surface area contributed by atoms with Gasteiger partial charge in [-0.15, -0.1) is 0 Å². The van der Waals surface area contributed by atoms with Crippen LogP contribution in [0.4, 0.5) is 8.78 Å². The average molecular weight is 305 g/mol. The fourth-order valence-corrected chi connectivity index (χ4v) is 3.98. The van der Waals surface area contributed by atoms with Gasteiger partial charge in [0.15, 0.2) is 0 Å². The molecule has 1 unspecified atom stereocenters. The number of hydrogen-bond donors (Lipinski definition) is 1. The van der Waals surface area contributed by atoms with E-state index in [0.29, 0.717) is 19.2 Å². The van der Waals surface area contributed by atoms with Crippen molar-refractivity contribution in [2.45, 2.75) is 10.9 Å². The summed E-state index contributed by atoms with van der Waals surface area (Å²) in [5.41, 5.74) is 5.61. The Hall–Kier alpha value is -1.09. The van der Waals surface area contributed by atoms with Crippen molar-refractivity contribution in [2.24, 2.45) is 5.73 Å². The minimum Gasteiger partial charge on any atom is -0.329 e. The summed E-state index contributed by atoms with van der Waals surface area (Å²) in [4.78, 5) is 1.45. The molecule has 1 aliphatic rings. The van der Waals surface area contributed by atoms with Crippen LogP contribution in [0.3, 0.4) is 0 Å². The second-order valence-electron chi connectivity index (χ2n) is 4.84. The van der Waals surface area contributed by atoms with Crippen molar-refractivity contribution < 1.29 is 17.2 Å². The fraction of sp³-hybridized carbons (Fsp3) is 0.500. The van der Waals surface area contributed by atoms with Crippen molar-refractivity contribution >= 4 is 10.0 Å². The number of hydrogen-bond acceptors (Lipinski definition) is 4. The number of rotatable bonds is 3. The quantitative estimate of drug-likeness (QED) is 0.868. The summed E-state index contributed by atoms with van der Waals surface area (Å²) in [5, 5.41) is 0. The molecule has 112 valence electrons. The maximum atomic E-state index is 13.7. The minimum atomic E-state index is -4.01. The molecule has 0 amide bonds. The Kier molecular flexibility index (Phi) is 4.38. The van der Waals surface area contributed by atoms with Crippen molar-refractivity contribution in [3.63, 3.8) is 0 Å². The molecule has 1 atom stereocenters. The van der Waals surface area contributed by atoms with Crippen LogP contribution >= 0.6 is 0 Å². The highest BCUT2D eigenvalue weighted by Crippen LogP contribution is 2.23. The normalized spacial score (nSPS) is 22.1. The van der Waals surface area contributed by atoms with Crippen molar-refractivity contribution in [1.82, 2.24) is 9.21 Å². The molecule has 0 bridgehead atoms. The highest BCUT2D eigenvalue weighted by atomic mass is 32.2. The summed E-state index contributed by atoms with van der Waals surface area (Å²) >= 11 is 0. The van der Waals surface area contributed by atoms with Gasteiger partial charge in [-0.25, -0.2) is 17.2 Å². The first-order chi connectivity index (χ1) is 9.36. The van der Waals surface area contributed by atoms with Gasteiger partial charge in [0.05, 0.1) is 6.04 Å². The van der Waals surface area contributed by atoms with Crippen LogP contribution in [0.2, 0.25) is 0 Å². The van der Waals surface area contributed by atoms with Crippen molar-refractivity contribution in [3.8, 4) is 0 Å². The van der Waals surface area contributed by atoms with E-state index in [9.17, 15) is 17.2 Å². The van der Waals surface area contributed by atoms with Crippen LogP contribution in [0.1, 0.15) is 0 Å². The third kappa shape index (κ3) is 2.83. The van der Waals surface area contributed by atoms with Crippen LogP contribution in [0.25, 0.3) is 0 Å². The highest BCUT2D eigenvalue weighted by Gasteiger charge is 2.35. The smallest absolute Gasteiger partial charge is 0.246 e. The lowest BCUT2D eigenvalue weighted by molar-refractivity contribution is 0.163. The number of likely N-dealkylation sites (N-methyl/N-ethyl adjacent to an activating group) is 1. The molecule has 1 aliphatic heterocycles. The van der Waals surface area contributed by atoms with Crippen LogP contribution in [-0.4, -0.2) is 56.9 Å². The molecule has 0 saturated carbocycles. The molecule has 5 nitrogen and oxygen atoms in total. The average Bonchev–Trinajstić information content (AvgIpc) is 2.37. The number of piperazine rings is 1. The molecule has 1 fully saturated rings. The molecule has 2 N–H and O–H groups in total. The molecule has 2 rings (SSSR count). The van der Waals surface area contributed by atoms with Gasteiger partial charge in [-0.2, -0.15) is 4.31 Å². The van der Waals surface area contributed by atoms with Gasteiger partial charge in [-0.05, 0) is 19.2 Å². The van der Waals surface area contributed by atoms with E-state index in [1.165, 1.54) is 4.31 Å². The largest absolute Gasteiger partial charge is 0.329 e. The second kappa shape index (κ2) is 5.72. The van der Waals surface area contributed by atoms with Gasteiger partial charge in [0.2, 0.25) is 10.0 Å². The number of nitrogens with two attached hydrogens (primary N) is 1. The van der Waals surface area contributed by atoms with Gasteiger partial charge in [-0.3, -0.25) is 0 Å². The Morgan fingerprint density at radius 3 is 2.65 bits per heavy atom.